The number of benzene rings is 1. The van der Waals surface area contributed by atoms with E-state index in [1.165, 1.54) is 10.6 Å². The lowest BCUT2D eigenvalue weighted by Crippen LogP contribution is -2.57. The number of amides is 3. The van der Waals surface area contributed by atoms with E-state index in [9.17, 15) is 18.0 Å². The maximum atomic E-state index is 13.4. The third-order valence-corrected chi connectivity index (χ3v) is 6.93. The molecule has 9 heteroatoms. The van der Waals surface area contributed by atoms with E-state index < -0.39 is 16.1 Å². The fraction of sp³-hybridized carbons (Fsp3) is 0.579. The molecule has 8 nitrogen and oxygen atoms in total. The van der Waals surface area contributed by atoms with Crippen molar-refractivity contribution in [3.05, 3.63) is 29.8 Å². The number of rotatable bonds is 3. The van der Waals surface area contributed by atoms with Gasteiger partial charge in [-0.2, -0.15) is 4.31 Å². The molecule has 2 aliphatic heterocycles. The van der Waals surface area contributed by atoms with Crippen molar-refractivity contribution in [1.82, 2.24) is 14.1 Å². The Morgan fingerprint density at radius 3 is 2.46 bits per heavy atom. The number of sulfonamides is 1. The molecular formula is C19H28N4O4S. The SMILES string of the molecule is CCC(C)C1C(=O)Nc2ccccc2CN1C(=O)N1CCN(S(C)(=O)=O)CC1. The minimum absolute atomic E-state index is 0.00410. The minimum Gasteiger partial charge on any atom is -0.324 e. The van der Waals surface area contributed by atoms with Crippen LogP contribution in [0.5, 0.6) is 0 Å². The van der Waals surface area contributed by atoms with Crippen LogP contribution in [0.25, 0.3) is 0 Å². The van der Waals surface area contributed by atoms with E-state index >= 15 is 0 Å². The molecule has 2 atom stereocenters. The summed E-state index contributed by atoms with van der Waals surface area (Å²) >= 11 is 0. The Bertz CT molecular complexity index is 849. The first-order chi connectivity index (χ1) is 13.2. The van der Waals surface area contributed by atoms with Crippen molar-refractivity contribution < 1.29 is 18.0 Å². The molecule has 0 saturated carbocycles. The van der Waals surface area contributed by atoms with Crippen molar-refractivity contribution in [2.75, 3.05) is 37.8 Å². The van der Waals surface area contributed by atoms with Crippen LogP contribution >= 0.6 is 0 Å². The van der Waals surface area contributed by atoms with Crippen LogP contribution in [0.2, 0.25) is 0 Å². The molecule has 1 fully saturated rings. The molecule has 3 amide bonds. The monoisotopic (exact) mass is 408 g/mol. The molecule has 28 heavy (non-hydrogen) atoms. The third kappa shape index (κ3) is 4.15. The normalized spacial score (nSPS) is 22.2. The second-order valence-corrected chi connectivity index (χ2v) is 9.52. The van der Waals surface area contributed by atoms with Crippen LogP contribution in [-0.2, 0) is 21.4 Å². The molecule has 0 bridgehead atoms. The van der Waals surface area contributed by atoms with Gasteiger partial charge in [0.15, 0.2) is 0 Å². The van der Waals surface area contributed by atoms with Gasteiger partial charge in [-0.15, -0.1) is 0 Å². The van der Waals surface area contributed by atoms with Gasteiger partial charge in [0.25, 0.3) is 0 Å². The molecule has 2 heterocycles. The quantitative estimate of drug-likeness (QED) is 0.822. The van der Waals surface area contributed by atoms with Crippen molar-refractivity contribution in [2.24, 2.45) is 5.92 Å². The second-order valence-electron chi connectivity index (χ2n) is 7.54. The summed E-state index contributed by atoms with van der Waals surface area (Å²) in [6.45, 7) is 5.50. The molecule has 1 N–H and O–H groups in total. The molecular weight excluding hydrogens is 380 g/mol. The fourth-order valence-corrected chi connectivity index (χ4v) is 4.60. The van der Waals surface area contributed by atoms with E-state index in [1.54, 1.807) is 9.80 Å². The zero-order chi connectivity index (χ0) is 20.5. The van der Waals surface area contributed by atoms with Crippen LogP contribution in [0.4, 0.5) is 10.5 Å². The maximum Gasteiger partial charge on any atom is 0.321 e. The number of nitrogens with one attached hydrogen (secondary N) is 1. The molecule has 1 saturated heterocycles. The minimum atomic E-state index is -3.26. The zero-order valence-corrected chi connectivity index (χ0v) is 17.4. The van der Waals surface area contributed by atoms with Gasteiger partial charge in [0.05, 0.1) is 12.8 Å². The number of nitrogens with zero attached hydrogens (tertiary/aromatic N) is 3. The largest absolute Gasteiger partial charge is 0.324 e. The predicted octanol–water partition coefficient (Wildman–Crippen LogP) is 1.55. The summed E-state index contributed by atoms with van der Waals surface area (Å²) in [7, 11) is -3.26. The molecule has 2 aliphatic rings. The first-order valence-electron chi connectivity index (χ1n) is 9.61. The second kappa shape index (κ2) is 8.08. The smallest absolute Gasteiger partial charge is 0.321 e. The van der Waals surface area contributed by atoms with Crippen LogP contribution in [0, 0.1) is 5.92 Å². The van der Waals surface area contributed by atoms with Gasteiger partial charge in [0, 0.05) is 31.9 Å². The Hall–Kier alpha value is -2.13. The van der Waals surface area contributed by atoms with Crippen molar-refractivity contribution >= 4 is 27.6 Å². The van der Waals surface area contributed by atoms with E-state index in [0.29, 0.717) is 19.6 Å². The standard InChI is InChI=1S/C19H28N4O4S/c1-4-14(2)17-18(24)20-16-8-6-5-7-15(16)13-23(17)19(25)21-9-11-22(12-10-21)28(3,26)27/h5-8,14,17H,4,9-13H2,1-3H3,(H,20,24). The number of hydrogen-bond donors (Lipinski definition) is 1. The van der Waals surface area contributed by atoms with Gasteiger partial charge in [-0.1, -0.05) is 38.5 Å². The average molecular weight is 409 g/mol. The summed E-state index contributed by atoms with van der Waals surface area (Å²) in [5.74, 6) is -0.182. The summed E-state index contributed by atoms with van der Waals surface area (Å²) in [5.41, 5.74) is 1.63. The average Bonchev–Trinajstić information content (AvgIpc) is 2.82. The van der Waals surface area contributed by atoms with Crippen molar-refractivity contribution in [3.8, 4) is 0 Å². The predicted molar refractivity (Wildman–Crippen MR) is 107 cm³/mol. The molecule has 0 aromatic heterocycles. The Balaban J connectivity index is 1.86. The topological polar surface area (TPSA) is 90.0 Å². The lowest BCUT2D eigenvalue weighted by Gasteiger charge is -2.39. The number of para-hydroxylation sites is 1. The Kier molecular flexibility index (Phi) is 5.95. The summed E-state index contributed by atoms with van der Waals surface area (Å²) in [6, 6.07) is 6.72. The summed E-state index contributed by atoms with van der Waals surface area (Å²) in [5, 5.41) is 2.96. The van der Waals surface area contributed by atoms with Gasteiger partial charge in [-0.3, -0.25) is 4.79 Å². The molecule has 0 spiro atoms. The number of carbonyl (C=O) groups excluding carboxylic acids is 2. The number of fused-ring (bicyclic) bond motifs is 1. The molecule has 0 aliphatic carbocycles. The zero-order valence-electron chi connectivity index (χ0n) is 16.6. The highest BCUT2D eigenvalue weighted by Gasteiger charge is 2.39. The van der Waals surface area contributed by atoms with Gasteiger partial charge in [-0.05, 0) is 17.5 Å². The van der Waals surface area contributed by atoms with E-state index in [0.717, 1.165) is 17.7 Å². The van der Waals surface area contributed by atoms with Crippen LogP contribution in [0.15, 0.2) is 24.3 Å². The van der Waals surface area contributed by atoms with Crippen molar-refractivity contribution in [2.45, 2.75) is 32.9 Å². The fourth-order valence-electron chi connectivity index (χ4n) is 3.78. The van der Waals surface area contributed by atoms with Crippen LogP contribution in [-0.4, -0.2) is 72.9 Å². The Morgan fingerprint density at radius 2 is 1.86 bits per heavy atom. The van der Waals surface area contributed by atoms with Crippen LogP contribution < -0.4 is 5.32 Å². The van der Waals surface area contributed by atoms with E-state index in [-0.39, 0.29) is 30.9 Å². The van der Waals surface area contributed by atoms with E-state index in [1.807, 2.05) is 38.1 Å². The molecule has 154 valence electrons. The van der Waals surface area contributed by atoms with E-state index in [2.05, 4.69) is 5.32 Å². The van der Waals surface area contributed by atoms with Crippen molar-refractivity contribution in [3.63, 3.8) is 0 Å². The number of urea groups is 1. The first-order valence-corrected chi connectivity index (χ1v) is 11.5. The highest BCUT2D eigenvalue weighted by Crippen LogP contribution is 2.28. The number of piperazine rings is 1. The molecule has 2 unspecified atom stereocenters. The number of hydrogen-bond acceptors (Lipinski definition) is 4. The lowest BCUT2D eigenvalue weighted by atomic mass is 9.97. The summed E-state index contributed by atoms with van der Waals surface area (Å²) in [6.07, 6.45) is 1.94. The van der Waals surface area contributed by atoms with Crippen molar-refractivity contribution in [1.29, 1.82) is 0 Å². The van der Waals surface area contributed by atoms with Gasteiger partial charge in [0.2, 0.25) is 15.9 Å². The lowest BCUT2D eigenvalue weighted by molar-refractivity contribution is -0.122. The number of anilines is 1. The molecule has 0 radical (unpaired) electrons. The first kappa shape index (κ1) is 20.6. The van der Waals surface area contributed by atoms with E-state index in [4.69, 9.17) is 0 Å². The number of carbonyl (C=O) groups is 2. The van der Waals surface area contributed by atoms with Crippen LogP contribution in [0.1, 0.15) is 25.8 Å². The Labute approximate surface area is 166 Å². The Morgan fingerprint density at radius 1 is 1.21 bits per heavy atom. The highest BCUT2D eigenvalue weighted by molar-refractivity contribution is 7.88. The maximum absolute atomic E-state index is 13.4. The summed E-state index contributed by atoms with van der Waals surface area (Å²) in [4.78, 5) is 29.6. The third-order valence-electron chi connectivity index (χ3n) is 5.63. The van der Waals surface area contributed by atoms with Gasteiger partial charge in [-0.25, -0.2) is 13.2 Å². The van der Waals surface area contributed by atoms with Gasteiger partial charge < -0.3 is 15.1 Å². The van der Waals surface area contributed by atoms with Gasteiger partial charge in [0.1, 0.15) is 6.04 Å². The van der Waals surface area contributed by atoms with Gasteiger partial charge >= 0.3 is 6.03 Å². The highest BCUT2D eigenvalue weighted by atomic mass is 32.2. The molecule has 1 aromatic carbocycles. The van der Waals surface area contributed by atoms with Crippen LogP contribution in [0.3, 0.4) is 0 Å². The molecule has 3 rings (SSSR count). The molecule has 1 aromatic rings. The summed E-state index contributed by atoms with van der Waals surface area (Å²) < 4.78 is 24.8.